The van der Waals surface area contributed by atoms with Gasteiger partial charge in [0.15, 0.2) is 6.29 Å². The highest BCUT2D eigenvalue weighted by atomic mass is 79.9. The highest BCUT2D eigenvalue weighted by Gasteiger charge is 2.03. The number of hydrogen-bond acceptors (Lipinski definition) is 2. The number of amides is 1. The van der Waals surface area contributed by atoms with E-state index in [0.29, 0.717) is 17.5 Å². The maximum atomic E-state index is 10.8. The van der Waals surface area contributed by atoms with Gasteiger partial charge in [0.05, 0.1) is 5.69 Å². The van der Waals surface area contributed by atoms with Gasteiger partial charge >= 0.3 is 0 Å². The van der Waals surface area contributed by atoms with Crippen LogP contribution in [-0.2, 0) is 4.79 Å². The molecule has 13 heavy (non-hydrogen) atoms. The summed E-state index contributed by atoms with van der Waals surface area (Å²) in [6.07, 6.45) is 0.706. The number of hydrogen-bond donors (Lipinski definition) is 1. The van der Waals surface area contributed by atoms with Gasteiger partial charge < -0.3 is 5.32 Å². The largest absolute Gasteiger partial charge is 0.326 e. The van der Waals surface area contributed by atoms with Crippen LogP contribution in [0.25, 0.3) is 0 Å². The summed E-state index contributed by atoms with van der Waals surface area (Å²) in [5.74, 6) is -0.193. The summed E-state index contributed by atoms with van der Waals surface area (Å²) in [4.78, 5) is 21.3. The molecule has 0 radical (unpaired) electrons. The molecule has 0 bridgehead atoms. The van der Waals surface area contributed by atoms with E-state index in [0.717, 1.165) is 4.47 Å². The molecule has 1 N–H and O–H groups in total. The van der Waals surface area contributed by atoms with Crippen molar-refractivity contribution in [3.63, 3.8) is 0 Å². The smallest absolute Gasteiger partial charge is 0.221 e. The summed E-state index contributed by atoms with van der Waals surface area (Å²) in [6.45, 7) is 1.40. The molecule has 4 heteroatoms. The molecule has 1 aromatic rings. The Morgan fingerprint density at radius 1 is 1.54 bits per heavy atom. The molecule has 0 aliphatic carbocycles. The van der Waals surface area contributed by atoms with Crippen molar-refractivity contribution < 1.29 is 9.59 Å². The molecule has 0 aliphatic heterocycles. The molecule has 0 saturated carbocycles. The zero-order valence-electron chi connectivity index (χ0n) is 7.00. The Morgan fingerprint density at radius 3 is 2.77 bits per heavy atom. The lowest BCUT2D eigenvalue weighted by atomic mass is 10.2. The standard InChI is InChI=1S/C9H8BrNO2/c1-6(13)11-9-4-8(10)3-2-7(9)5-12/h2-5H,1H3,(H,11,13). The fourth-order valence-electron chi connectivity index (χ4n) is 0.929. The van der Waals surface area contributed by atoms with Gasteiger partial charge in [-0.25, -0.2) is 0 Å². The monoisotopic (exact) mass is 241 g/mol. The van der Waals surface area contributed by atoms with E-state index in [1.807, 2.05) is 0 Å². The first kappa shape index (κ1) is 9.92. The van der Waals surface area contributed by atoms with Gasteiger partial charge in [-0.2, -0.15) is 0 Å². The van der Waals surface area contributed by atoms with Crippen molar-refractivity contribution in [1.82, 2.24) is 0 Å². The van der Waals surface area contributed by atoms with Crippen molar-refractivity contribution in [3.05, 3.63) is 28.2 Å². The van der Waals surface area contributed by atoms with Crippen molar-refractivity contribution in [2.24, 2.45) is 0 Å². The van der Waals surface area contributed by atoms with Gasteiger partial charge in [0.1, 0.15) is 0 Å². The quantitative estimate of drug-likeness (QED) is 0.808. The van der Waals surface area contributed by atoms with E-state index in [1.54, 1.807) is 18.2 Å². The molecule has 0 saturated heterocycles. The fourth-order valence-corrected chi connectivity index (χ4v) is 1.29. The number of carbonyl (C=O) groups is 2. The molecule has 1 aromatic carbocycles. The molecule has 0 aromatic heterocycles. The molecule has 3 nitrogen and oxygen atoms in total. The first-order valence-electron chi connectivity index (χ1n) is 3.66. The third-order valence-electron chi connectivity index (χ3n) is 1.45. The number of halogens is 1. The second-order valence-electron chi connectivity index (χ2n) is 2.53. The van der Waals surface area contributed by atoms with Gasteiger partial charge in [-0.15, -0.1) is 0 Å². The Morgan fingerprint density at radius 2 is 2.23 bits per heavy atom. The molecule has 0 atom stereocenters. The summed E-state index contributed by atoms with van der Waals surface area (Å²) >= 11 is 3.25. The number of anilines is 1. The highest BCUT2D eigenvalue weighted by Crippen LogP contribution is 2.19. The second kappa shape index (κ2) is 4.18. The van der Waals surface area contributed by atoms with Crippen LogP contribution in [0.1, 0.15) is 17.3 Å². The van der Waals surface area contributed by atoms with Gasteiger partial charge in [0.25, 0.3) is 0 Å². The summed E-state index contributed by atoms with van der Waals surface area (Å²) < 4.78 is 0.821. The van der Waals surface area contributed by atoms with Crippen molar-refractivity contribution in [2.75, 3.05) is 5.32 Å². The summed E-state index contributed by atoms with van der Waals surface area (Å²) in [7, 11) is 0. The second-order valence-corrected chi connectivity index (χ2v) is 3.45. The normalized spacial score (nSPS) is 9.38. The van der Waals surface area contributed by atoms with Crippen LogP contribution < -0.4 is 5.32 Å². The number of carbonyl (C=O) groups excluding carboxylic acids is 2. The van der Waals surface area contributed by atoms with Crippen molar-refractivity contribution in [2.45, 2.75) is 6.92 Å². The third-order valence-corrected chi connectivity index (χ3v) is 1.95. The van der Waals surface area contributed by atoms with E-state index in [9.17, 15) is 9.59 Å². The predicted octanol–water partition coefficient (Wildman–Crippen LogP) is 2.22. The molecular weight excluding hydrogens is 234 g/mol. The fraction of sp³-hybridized carbons (Fsp3) is 0.111. The first-order valence-corrected chi connectivity index (χ1v) is 4.45. The lowest BCUT2D eigenvalue weighted by Crippen LogP contribution is -2.07. The Kier molecular flexibility index (Phi) is 3.19. The number of rotatable bonds is 2. The average molecular weight is 242 g/mol. The maximum absolute atomic E-state index is 10.8. The minimum Gasteiger partial charge on any atom is -0.326 e. The van der Waals surface area contributed by atoms with Crippen molar-refractivity contribution in [3.8, 4) is 0 Å². The van der Waals surface area contributed by atoms with E-state index in [1.165, 1.54) is 6.92 Å². The number of nitrogens with one attached hydrogen (secondary N) is 1. The SMILES string of the molecule is CC(=O)Nc1cc(Br)ccc1C=O. The van der Waals surface area contributed by atoms with Crippen LogP contribution in [0, 0.1) is 0 Å². The Balaban J connectivity index is 3.07. The zero-order chi connectivity index (χ0) is 9.84. The summed E-state index contributed by atoms with van der Waals surface area (Å²) in [6, 6.07) is 5.07. The molecule has 0 fully saturated rings. The Hall–Kier alpha value is -1.16. The zero-order valence-corrected chi connectivity index (χ0v) is 8.59. The van der Waals surface area contributed by atoms with Crippen LogP contribution in [0.2, 0.25) is 0 Å². The summed E-state index contributed by atoms with van der Waals surface area (Å²) in [5, 5.41) is 2.56. The molecule has 0 heterocycles. The van der Waals surface area contributed by atoms with E-state index in [4.69, 9.17) is 0 Å². The maximum Gasteiger partial charge on any atom is 0.221 e. The first-order chi connectivity index (χ1) is 6.13. The van der Waals surface area contributed by atoms with Gasteiger partial charge in [-0.3, -0.25) is 9.59 Å². The topological polar surface area (TPSA) is 46.2 Å². The van der Waals surface area contributed by atoms with E-state index in [2.05, 4.69) is 21.2 Å². The molecule has 0 unspecified atom stereocenters. The molecular formula is C9H8BrNO2. The lowest BCUT2D eigenvalue weighted by Gasteiger charge is -2.04. The van der Waals surface area contributed by atoms with Crippen LogP contribution >= 0.6 is 15.9 Å². The lowest BCUT2D eigenvalue weighted by molar-refractivity contribution is -0.114. The minimum atomic E-state index is -0.193. The van der Waals surface area contributed by atoms with Crippen LogP contribution in [-0.4, -0.2) is 12.2 Å². The third kappa shape index (κ3) is 2.66. The Labute approximate surface area is 84.3 Å². The number of aldehydes is 1. The molecule has 0 aliphatic rings. The summed E-state index contributed by atoms with van der Waals surface area (Å²) in [5.41, 5.74) is 0.996. The number of benzene rings is 1. The van der Waals surface area contributed by atoms with E-state index < -0.39 is 0 Å². The molecule has 0 spiro atoms. The highest BCUT2D eigenvalue weighted by molar-refractivity contribution is 9.10. The molecule has 1 rings (SSSR count). The van der Waals surface area contributed by atoms with E-state index in [-0.39, 0.29) is 5.91 Å². The predicted molar refractivity (Wildman–Crippen MR) is 53.8 cm³/mol. The Bertz CT molecular complexity index is 349. The van der Waals surface area contributed by atoms with Crippen molar-refractivity contribution >= 4 is 33.8 Å². The van der Waals surface area contributed by atoms with E-state index >= 15 is 0 Å². The van der Waals surface area contributed by atoms with Crippen LogP contribution in [0.3, 0.4) is 0 Å². The van der Waals surface area contributed by atoms with Gasteiger partial charge in [-0.1, -0.05) is 15.9 Å². The van der Waals surface area contributed by atoms with Crippen LogP contribution in [0.5, 0.6) is 0 Å². The molecule has 68 valence electrons. The van der Waals surface area contributed by atoms with Gasteiger partial charge in [0, 0.05) is 17.0 Å². The van der Waals surface area contributed by atoms with Gasteiger partial charge in [-0.05, 0) is 18.2 Å². The average Bonchev–Trinajstić information content (AvgIpc) is 2.03. The van der Waals surface area contributed by atoms with Gasteiger partial charge in [0.2, 0.25) is 5.91 Å². The molecule has 1 amide bonds. The van der Waals surface area contributed by atoms with Crippen LogP contribution in [0.4, 0.5) is 5.69 Å². The van der Waals surface area contributed by atoms with Crippen LogP contribution in [0.15, 0.2) is 22.7 Å². The minimum absolute atomic E-state index is 0.193. The van der Waals surface area contributed by atoms with Crippen molar-refractivity contribution in [1.29, 1.82) is 0 Å².